The molecule has 4 nitrogen and oxygen atoms in total. The average Bonchev–Trinajstić information content (AvgIpc) is 2.31. The van der Waals surface area contributed by atoms with Crippen LogP contribution in [0.3, 0.4) is 0 Å². The smallest absolute Gasteiger partial charge is 0.220 e. The van der Waals surface area contributed by atoms with E-state index < -0.39 is 5.91 Å². The maximum Gasteiger partial charge on any atom is 0.220 e. The van der Waals surface area contributed by atoms with Crippen LogP contribution >= 0.6 is 0 Å². The summed E-state index contributed by atoms with van der Waals surface area (Å²) in [5, 5.41) is 3.23. The van der Waals surface area contributed by atoms with Crippen molar-refractivity contribution in [2.45, 2.75) is 26.8 Å². The molecule has 106 valence electrons. The molecule has 0 bridgehead atoms. The molecule has 0 aliphatic heterocycles. The van der Waals surface area contributed by atoms with E-state index in [1.807, 2.05) is 0 Å². The van der Waals surface area contributed by atoms with Crippen molar-refractivity contribution < 1.29 is 13.9 Å². The first kappa shape index (κ1) is 15.4. The summed E-state index contributed by atoms with van der Waals surface area (Å²) in [5.74, 6) is 0.386. The Bertz CT molecular complexity index is 422. The van der Waals surface area contributed by atoms with Crippen LogP contribution in [-0.4, -0.2) is 19.1 Å². The molecule has 1 aromatic rings. The molecule has 1 rings (SSSR count). The minimum absolute atomic E-state index is 0.149. The van der Waals surface area contributed by atoms with Crippen LogP contribution < -0.4 is 15.8 Å². The van der Waals surface area contributed by atoms with E-state index in [1.54, 1.807) is 6.07 Å². The van der Waals surface area contributed by atoms with E-state index >= 15 is 0 Å². The second kappa shape index (κ2) is 7.74. The fraction of sp³-hybridized carbons (Fsp3) is 0.500. The zero-order valence-corrected chi connectivity index (χ0v) is 11.4. The van der Waals surface area contributed by atoms with Crippen LogP contribution in [0.2, 0.25) is 0 Å². The van der Waals surface area contributed by atoms with Gasteiger partial charge in [0.1, 0.15) is 11.6 Å². The highest BCUT2D eigenvalue weighted by Gasteiger charge is 2.06. The van der Waals surface area contributed by atoms with Gasteiger partial charge in [-0.25, -0.2) is 4.39 Å². The van der Waals surface area contributed by atoms with Gasteiger partial charge in [0, 0.05) is 12.1 Å². The van der Waals surface area contributed by atoms with Gasteiger partial charge in [-0.2, -0.15) is 0 Å². The van der Waals surface area contributed by atoms with Crippen LogP contribution in [0.1, 0.15) is 25.8 Å². The third-order valence-corrected chi connectivity index (χ3v) is 2.50. The first-order valence-corrected chi connectivity index (χ1v) is 6.39. The Balaban J connectivity index is 2.60. The number of primary amides is 1. The summed E-state index contributed by atoms with van der Waals surface area (Å²) in [7, 11) is 0. The van der Waals surface area contributed by atoms with Crippen LogP contribution in [0.4, 0.5) is 4.39 Å². The van der Waals surface area contributed by atoms with Gasteiger partial charge in [0.25, 0.3) is 0 Å². The lowest BCUT2D eigenvalue weighted by Crippen LogP contribution is -2.20. The Morgan fingerprint density at radius 2 is 2.21 bits per heavy atom. The number of ether oxygens (including phenoxy) is 1. The Labute approximate surface area is 113 Å². The molecule has 0 aromatic heterocycles. The van der Waals surface area contributed by atoms with Crippen LogP contribution in [0.5, 0.6) is 5.75 Å². The molecule has 0 aliphatic carbocycles. The summed E-state index contributed by atoms with van der Waals surface area (Å²) >= 11 is 0. The first-order chi connectivity index (χ1) is 8.99. The molecule has 0 fully saturated rings. The Kier molecular flexibility index (Phi) is 6.29. The van der Waals surface area contributed by atoms with E-state index in [9.17, 15) is 9.18 Å². The molecule has 0 heterocycles. The van der Waals surface area contributed by atoms with Gasteiger partial charge in [-0.05, 0) is 30.7 Å². The minimum atomic E-state index is -0.415. The summed E-state index contributed by atoms with van der Waals surface area (Å²) in [6.45, 7) is 5.78. The maximum atomic E-state index is 13.2. The predicted octanol–water partition coefficient (Wildman–Crippen LogP) is 1.83. The Hall–Kier alpha value is -1.62. The lowest BCUT2D eigenvalue weighted by atomic mass is 10.1. The van der Waals surface area contributed by atoms with Crippen molar-refractivity contribution >= 4 is 5.91 Å². The van der Waals surface area contributed by atoms with Crippen molar-refractivity contribution in [3.05, 3.63) is 29.6 Å². The highest BCUT2D eigenvalue weighted by atomic mass is 19.1. The number of carbonyl (C=O) groups is 1. The van der Waals surface area contributed by atoms with Crippen LogP contribution in [-0.2, 0) is 11.3 Å². The largest absolute Gasteiger partial charge is 0.493 e. The molecular formula is C14H21FN2O2. The molecule has 5 heteroatoms. The van der Waals surface area contributed by atoms with E-state index in [0.717, 1.165) is 12.1 Å². The molecule has 1 amide bonds. The lowest BCUT2D eigenvalue weighted by Gasteiger charge is -2.13. The van der Waals surface area contributed by atoms with Gasteiger partial charge in [-0.1, -0.05) is 13.8 Å². The van der Waals surface area contributed by atoms with Crippen LogP contribution in [0, 0.1) is 11.7 Å². The van der Waals surface area contributed by atoms with Crippen LogP contribution in [0.25, 0.3) is 0 Å². The number of carbonyl (C=O) groups excluding carboxylic acids is 1. The SMILES string of the molecule is CC(C)CNCc1cc(F)ccc1OCCC(N)=O. The first-order valence-electron chi connectivity index (χ1n) is 6.39. The summed E-state index contributed by atoms with van der Waals surface area (Å²) in [6, 6.07) is 4.35. The van der Waals surface area contributed by atoms with Crippen molar-refractivity contribution in [2.75, 3.05) is 13.2 Å². The minimum Gasteiger partial charge on any atom is -0.493 e. The average molecular weight is 268 g/mol. The van der Waals surface area contributed by atoms with Gasteiger partial charge in [-0.15, -0.1) is 0 Å². The molecule has 0 radical (unpaired) electrons. The zero-order valence-electron chi connectivity index (χ0n) is 11.4. The molecule has 0 saturated heterocycles. The van der Waals surface area contributed by atoms with Gasteiger partial charge in [0.05, 0.1) is 13.0 Å². The number of hydrogen-bond acceptors (Lipinski definition) is 3. The lowest BCUT2D eigenvalue weighted by molar-refractivity contribution is -0.118. The van der Waals surface area contributed by atoms with E-state index in [1.165, 1.54) is 12.1 Å². The number of benzene rings is 1. The molecule has 0 aliphatic rings. The maximum absolute atomic E-state index is 13.2. The predicted molar refractivity (Wildman–Crippen MR) is 72.3 cm³/mol. The quantitative estimate of drug-likeness (QED) is 0.756. The number of amides is 1. The third kappa shape index (κ3) is 6.20. The second-order valence-corrected chi connectivity index (χ2v) is 4.84. The molecule has 0 saturated carbocycles. The van der Waals surface area contributed by atoms with Gasteiger partial charge in [0.2, 0.25) is 5.91 Å². The van der Waals surface area contributed by atoms with Gasteiger partial charge >= 0.3 is 0 Å². The summed E-state index contributed by atoms with van der Waals surface area (Å²) in [6.07, 6.45) is 0.149. The van der Waals surface area contributed by atoms with Crippen molar-refractivity contribution in [1.82, 2.24) is 5.32 Å². The van der Waals surface area contributed by atoms with E-state index in [0.29, 0.717) is 18.2 Å². The van der Waals surface area contributed by atoms with E-state index in [4.69, 9.17) is 10.5 Å². The highest BCUT2D eigenvalue weighted by Crippen LogP contribution is 2.20. The monoisotopic (exact) mass is 268 g/mol. The van der Waals surface area contributed by atoms with Crippen molar-refractivity contribution in [3.63, 3.8) is 0 Å². The summed E-state index contributed by atoms with van der Waals surface area (Å²) < 4.78 is 18.7. The normalized spacial score (nSPS) is 10.7. The Morgan fingerprint density at radius 1 is 1.47 bits per heavy atom. The second-order valence-electron chi connectivity index (χ2n) is 4.84. The molecule has 1 aromatic carbocycles. The number of halogens is 1. The fourth-order valence-corrected chi connectivity index (χ4v) is 1.58. The number of rotatable bonds is 8. The van der Waals surface area contributed by atoms with Crippen molar-refractivity contribution in [1.29, 1.82) is 0 Å². The fourth-order valence-electron chi connectivity index (χ4n) is 1.58. The highest BCUT2D eigenvalue weighted by molar-refractivity contribution is 5.73. The summed E-state index contributed by atoms with van der Waals surface area (Å²) in [4.78, 5) is 10.6. The molecule has 19 heavy (non-hydrogen) atoms. The number of hydrogen-bond donors (Lipinski definition) is 2. The van der Waals surface area contributed by atoms with Crippen molar-refractivity contribution in [3.8, 4) is 5.75 Å². The van der Waals surface area contributed by atoms with Crippen molar-refractivity contribution in [2.24, 2.45) is 11.7 Å². The molecule has 0 unspecified atom stereocenters. The zero-order chi connectivity index (χ0) is 14.3. The van der Waals surface area contributed by atoms with Crippen LogP contribution in [0.15, 0.2) is 18.2 Å². The molecule has 3 N–H and O–H groups in total. The number of nitrogens with one attached hydrogen (secondary N) is 1. The standard InChI is InChI=1S/C14H21FN2O2/c1-10(2)8-17-9-11-7-12(15)3-4-13(11)19-6-5-14(16)18/h3-4,7,10,17H,5-6,8-9H2,1-2H3,(H2,16,18). The number of nitrogens with two attached hydrogens (primary N) is 1. The third-order valence-electron chi connectivity index (χ3n) is 2.50. The summed E-state index contributed by atoms with van der Waals surface area (Å²) in [5.41, 5.74) is 5.78. The van der Waals surface area contributed by atoms with Gasteiger partial charge in [-0.3, -0.25) is 4.79 Å². The van der Waals surface area contributed by atoms with Gasteiger partial charge in [0.15, 0.2) is 0 Å². The van der Waals surface area contributed by atoms with E-state index in [2.05, 4.69) is 19.2 Å². The Morgan fingerprint density at radius 3 is 2.84 bits per heavy atom. The topological polar surface area (TPSA) is 64.3 Å². The van der Waals surface area contributed by atoms with E-state index in [-0.39, 0.29) is 18.8 Å². The van der Waals surface area contributed by atoms with Gasteiger partial charge < -0.3 is 15.8 Å². The molecule has 0 atom stereocenters. The molecular weight excluding hydrogens is 247 g/mol. The molecule has 0 spiro atoms.